The van der Waals surface area contributed by atoms with Crippen molar-refractivity contribution in [2.24, 2.45) is 5.92 Å². The number of halogens is 3. The van der Waals surface area contributed by atoms with Crippen LogP contribution in [0.15, 0.2) is 48.7 Å². The first kappa shape index (κ1) is 23.2. The summed E-state index contributed by atoms with van der Waals surface area (Å²) < 4.78 is 41.9. The van der Waals surface area contributed by atoms with Crippen LogP contribution in [0.25, 0.3) is 0 Å². The van der Waals surface area contributed by atoms with Crippen molar-refractivity contribution < 1.29 is 27.5 Å². The number of carbonyl (C=O) groups excluding carboxylic acids is 2. The van der Waals surface area contributed by atoms with E-state index in [1.807, 2.05) is 30.3 Å². The number of carbonyl (C=O) groups is 2. The molecular weight excluding hydrogens is 399 g/mol. The lowest BCUT2D eigenvalue weighted by atomic mass is 10.0. The van der Waals surface area contributed by atoms with E-state index in [0.717, 1.165) is 5.56 Å². The van der Waals surface area contributed by atoms with Crippen LogP contribution in [0.1, 0.15) is 25.0 Å². The summed E-state index contributed by atoms with van der Waals surface area (Å²) in [4.78, 5) is 28.7. The number of nitrogens with zero attached hydrogens (tertiary/aromatic N) is 1. The lowest BCUT2D eigenvalue weighted by Crippen LogP contribution is -2.49. The van der Waals surface area contributed by atoms with E-state index in [4.69, 9.17) is 4.74 Å². The number of benzene rings is 1. The van der Waals surface area contributed by atoms with Crippen molar-refractivity contribution in [2.75, 3.05) is 6.61 Å². The molecule has 162 valence electrons. The number of pyridine rings is 1. The molecule has 1 aromatic carbocycles. The minimum atomic E-state index is -4.50. The molecule has 0 fully saturated rings. The highest BCUT2D eigenvalue weighted by molar-refractivity contribution is 5.88. The van der Waals surface area contributed by atoms with Gasteiger partial charge >= 0.3 is 6.18 Å². The summed E-state index contributed by atoms with van der Waals surface area (Å²) >= 11 is 0. The third-order valence-corrected chi connectivity index (χ3v) is 4.15. The maximum absolute atomic E-state index is 12.6. The number of ether oxygens (including phenoxy) is 1. The number of alkyl halides is 3. The van der Waals surface area contributed by atoms with Crippen molar-refractivity contribution in [3.8, 4) is 5.88 Å². The van der Waals surface area contributed by atoms with Gasteiger partial charge in [-0.3, -0.25) is 9.59 Å². The molecule has 9 heteroatoms. The molecular formula is C21H24F3N3O3. The number of hydrogen-bond acceptors (Lipinski definition) is 4. The smallest absolute Gasteiger partial charge is 0.422 e. The first-order chi connectivity index (χ1) is 14.2. The summed E-state index contributed by atoms with van der Waals surface area (Å²) in [5, 5.41) is 5.35. The minimum Gasteiger partial charge on any atom is -0.468 e. The molecule has 0 aliphatic carbocycles. The second-order valence-corrected chi connectivity index (χ2v) is 7.04. The van der Waals surface area contributed by atoms with Gasteiger partial charge in [0.15, 0.2) is 6.61 Å². The Morgan fingerprint density at radius 2 is 1.80 bits per heavy atom. The van der Waals surface area contributed by atoms with Gasteiger partial charge in [-0.05, 0) is 17.5 Å². The monoisotopic (exact) mass is 423 g/mol. The van der Waals surface area contributed by atoms with E-state index in [2.05, 4.69) is 15.6 Å². The number of rotatable bonds is 9. The Morgan fingerprint density at radius 3 is 2.43 bits per heavy atom. The fraction of sp³-hybridized carbons (Fsp3) is 0.381. The number of nitrogens with one attached hydrogen (secondary N) is 2. The molecule has 0 bridgehead atoms. The molecule has 2 aromatic rings. The van der Waals surface area contributed by atoms with E-state index < -0.39 is 24.7 Å². The molecule has 2 rings (SSSR count). The molecule has 0 saturated heterocycles. The van der Waals surface area contributed by atoms with Crippen molar-refractivity contribution in [3.05, 3.63) is 59.8 Å². The summed E-state index contributed by atoms with van der Waals surface area (Å²) in [7, 11) is 0. The fourth-order valence-electron chi connectivity index (χ4n) is 2.67. The maximum Gasteiger partial charge on any atom is 0.422 e. The largest absolute Gasteiger partial charge is 0.468 e. The average Bonchev–Trinajstić information content (AvgIpc) is 2.69. The quantitative estimate of drug-likeness (QED) is 0.650. The van der Waals surface area contributed by atoms with Gasteiger partial charge in [0.2, 0.25) is 17.7 Å². The number of aromatic nitrogens is 1. The molecule has 0 aliphatic rings. The highest BCUT2D eigenvalue weighted by atomic mass is 19.4. The summed E-state index contributed by atoms with van der Waals surface area (Å²) in [6, 6.07) is 11.4. The normalized spacial score (nSPS) is 12.3. The Hall–Kier alpha value is -3.10. The molecule has 0 aliphatic heterocycles. The second-order valence-electron chi connectivity index (χ2n) is 7.04. The van der Waals surface area contributed by atoms with E-state index in [0.29, 0.717) is 5.56 Å². The van der Waals surface area contributed by atoms with Gasteiger partial charge in [-0.15, -0.1) is 0 Å². The third-order valence-electron chi connectivity index (χ3n) is 4.15. The Labute approximate surface area is 172 Å². The number of hydrogen-bond donors (Lipinski definition) is 2. The Bertz CT molecular complexity index is 842. The van der Waals surface area contributed by atoms with Crippen molar-refractivity contribution in [2.45, 2.75) is 39.0 Å². The van der Waals surface area contributed by atoms with Crippen molar-refractivity contribution in [1.82, 2.24) is 15.6 Å². The second kappa shape index (κ2) is 10.6. The molecule has 1 aromatic heterocycles. The molecule has 0 saturated carbocycles. The van der Waals surface area contributed by atoms with Crippen LogP contribution in [0, 0.1) is 5.92 Å². The van der Waals surface area contributed by atoms with Gasteiger partial charge in [-0.1, -0.05) is 50.2 Å². The number of amides is 2. The zero-order valence-electron chi connectivity index (χ0n) is 16.7. The third kappa shape index (κ3) is 7.73. The molecule has 1 unspecified atom stereocenters. The topological polar surface area (TPSA) is 80.3 Å². The molecule has 1 heterocycles. The summed E-state index contributed by atoms with van der Waals surface area (Å²) in [6.45, 7) is 2.01. The molecule has 2 N–H and O–H groups in total. The van der Waals surface area contributed by atoms with Crippen LogP contribution in [-0.4, -0.2) is 35.6 Å². The van der Waals surface area contributed by atoms with Gasteiger partial charge in [0.05, 0.1) is 6.42 Å². The lowest BCUT2D eigenvalue weighted by Gasteiger charge is -2.22. The van der Waals surface area contributed by atoms with E-state index in [1.54, 1.807) is 13.8 Å². The van der Waals surface area contributed by atoms with Gasteiger partial charge < -0.3 is 15.4 Å². The van der Waals surface area contributed by atoms with Gasteiger partial charge in [0.1, 0.15) is 6.04 Å². The predicted octanol–water partition coefficient (Wildman–Crippen LogP) is 3.02. The SMILES string of the molecule is CC(C)C(NC(=O)Cc1ccccc1)C(=O)NCc1cccnc1OCC(F)(F)F. The highest BCUT2D eigenvalue weighted by Gasteiger charge is 2.29. The lowest BCUT2D eigenvalue weighted by molar-refractivity contribution is -0.154. The zero-order chi connectivity index (χ0) is 22.1. The van der Waals surface area contributed by atoms with Crippen LogP contribution in [0.3, 0.4) is 0 Å². The fourth-order valence-corrected chi connectivity index (χ4v) is 2.67. The van der Waals surface area contributed by atoms with Crippen LogP contribution in [0.2, 0.25) is 0 Å². The Balaban J connectivity index is 1.96. The molecule has 1 atom stereocenters. The molecule has 2 amide bonds. The maximum atomic E-state index is 12.6. The van der Waals surface area contributed by atoms with Crippen LogP contribution in [0.4, 0.5) is 13.2 Å². The first-order valence-corrected chi connectivity index (χ1v) is 9.40. The predicted molar refractivity (Wildman–Crippen MR) is 105 cm³/mol. The van der Waals surface area contributed by atoms with E-state index in [1.165, 1.54) is 18.3 Å². The van der Waals surface area contributed by atoms with Gasteiger partial charge in [0.25, 0.3) is 0 Å². The summed E-state index contributed by atoms with van der Waals surface area (Å²) in [6.07, 6.45) is -3.06. The van der Waals surface area contributed by atoms with Gasteiger partial charge in [-0.2, -0.15) is 13.2 Å². The molecule has 0 spiro atoms. The Morgan fingerprint density at radius 1 is 1.10 bits per heavy atom. The standard InChI is InChI=1S/C21H24F3N3O3/c1-14(2)18(27-17(28)11-15-7-4-3-5-8-15)19(29)26-12-16-9-6-10-25-20(16)30-13-21(22,23)24/h3-10,14,18H,11-13H2,1-2H3,(H,26,29)(H,27,28). The van der Waals surface area contributed by atoms with Crippen LogP contribution < -0.4 is 15.4 Å². The van der Waals surface area contributed by atoms with Crippen LogP contribution in [-0.2, 0) is 22.6 Å². The Kier molecular flexibility index (Phi) is 8.20. The van der Waals surface area contributed by atoms with Crippen molar-refractivity contribution in [3.63, 3.8) is 0 Å². The van der Waals surface area contributed by atoms with E-state index >= 15 is 0 Å². The zero-order valence-corrected chi connectivity index (χ0v) is 16.7. The summed E-state index contributed by atoms with van der Waals surface area (Å²) in [5.41, 5.74) is 1.12. The van der Waals surface area contributed by atoms with Crippen molar-refractivity contribution >= 4 is 11.8 Å². The molecule has 6 nitrogen and oxygen atoms in total. The van der Waals surface area contributed by atoms with Gasteiger partial charge in [-0.25, -0.2) is 4.98 Å². The van der Waals surface area contributed by atoms with Crippen molar-refractivity contribution in [1.29, 1.82) is 0 Å². The summed E-state index contributed by atoms with van der Waals surface area (Å²) in [5.74, 6) is -1.15. The van der Waals surface area contributed by atoms with Gasteiger partial charge in [0, 0.05) is 18.3 Å². The average molecular weight is 423 g/mol. The van der Waals surface area contributed by atoms with E-state index in [-0.39, 0.29) is 30.7 Å². The van der Waals surface area contributed by atoms with E-state index in [9.17, 15) is 22.8 Å². The highest BCUT2D eigenvalue weighted by Crippen LogP contribution is 2.20. The minimum absolute atomic E-state index is 0.0857. The first-order valence-electron chi connectivity index (χ1n) is 9.40. The molecule has 0 radical (unpaired) electrons. The molecule has 30 heavy (non-hydrogen) atoms. The van der Waals surface area contributed by atoms with Crippen LogP contribution in [0.5, 0.6) is 5.88 Å². The van der Waals surface area contributed by atoms with Crippen LogP contribution >= 0.6 is 0 Å².